The van der Waals surface area contributed by atoms with Crippen molar-refractivity contribution in [3.05, 3.63) is 93.4 Å². The molecule has 1 N–H and O–H groups in total. The number of fused-ring (bicyclic) bond motifs is 1. The van der Waals surface area contributed by atoms with Gasteiger partial charge in [0.2, 0.25) is 0 Å². The number of hydrazone groups is 1. The second kappa shape index (κ2) is 8.19. The summed E-state index contributed by atoms with van der Waals surface area (Å²) in [6.45, 7) is 3.75. The number of non-ortho nitro benzene ring substituents is 1. The molecule has 0 saturated heterocycles. The first-order chi connectivity index (χ1) is 14.9. The number of rotatable bonds is 5. The van der Waals surface area contributed by atoms with Crippen molar-refractivity contribution in [1.29, 1.82) is 0 Å². The molecule has 1 amide bonds. The Kier molecular flexibility index (Phi) is 5.28. The molecule has 0 saturated carbocycles. The molecule has 0 aliphatic carbocycles. The van der Waals surface area contributed by atoms with Gasteiger partial charge in [-0.05, 0) is 44.2 Å². The van der Waals surface area contributed by atoms with Crippen LogP contribution >= 0.6 is 0 Å². The molecule has 8 heteroatoms. The topological polar surface area (TPSA) is 111 Å². The maximum Gasteiger partial charge on any atom is 0.273 e. The normalized spacial score (nSPS) is 11.2. The number of hydrogen-bond acceptors (Lipinski definition) is 6. The maximum absolute atomic E-state index is 12.6. The summed E-state index contributed by atoms with van der Waals surface area (Å²) >= 11 is 0. The van der Waals surface area contributed by atoms with Crippen molar-refractivity contribution in [2.24, 2.45) is 5.10 Å². The number of hydrogen-bond donors (Lipinski definition) is 1. The number of carbonyl (C=O) groups excluding carboxylic acids is 1. The molecule has 4 rings (SSSR count). The molecular formula is C23H18N4O4. The Hall–Kier alpha value is -4.33. The summed E-state index contributed by atoms with van der Waals surface area (Å²) in [6, 6.07) is 17.2. The van der Waals surface area contributed by atoms with Crippen molar-refractivity contribution in [2.75, 3.05) is 0 Å². The van der Waals surface area contributed by atoms with Crippen molar-refractivity contribution >= 4 is 28.7 Å². The van der Waals surface area contributed by atoms with E-state index in [1.54, 1.807) is 37.3 Å². The molecule has 0 aliphatic heterocycles. The van der Waals surface area contributed by atoms with Crippen molar-refractivity contribution in [2.45, 2.75) is 13.8 Å². The number of pyridine rings is 1. The van der Waals surface area contributed by atoms with Crippen LogP contribution < -0.4 is 5.43 Å². The zero-order valence-electron chi connectivity index (χ0n) is 16.8. The predicted octanol–water partition coefficient (Wildman–Crippen LogP) is 4.78. The second-order valence-electron chi connectivity index (χ2n) is 7.03. The molecule has 0 fully saturated rings. The highest BCUT2D eigenvalue weighted by Gasteiger charge is 2.12. The number of nitro groups is 1. The highest BCUT2D eigenvalue weighted by molar-refractivity contribution is 5.99. The van der Waals surface area contributed by atoms with E-state index in [-0.39, 0.29) is 11.6 Å². The molecule has 0 spiro atoms. The fraction of sp³-hybridized carbons (Fsp3) is 0.0870. The van der Waals surface area contributed by atoms with Crippen LogP contribution in [0.15, 0.2) is 70.2 Å². The molecule has 154 valence electrons. The van der Waals surface area contributed by atoms with Crippen LogP contribution in [0.25, 0.3) is 22.2 Å². The third-order valence-corrected chi connectivity index (χ3v) is 4.73. The summed E-state index contributed by atoms with van der Waals surface area (Å²) in [5, 5.41) is 15.8. The summed E-state index contributed by atoms with van der Waals surface area (Å²) in [4.78, 5) is 27.5. The molecule has 8 nitrogen and oxygen atoms in total. The Morgan fingerprint density at radius 2 is 1.97 bits per heavy atom. The van der Waals surface area contributed by atoms with Crippen LogP contribution in [0.4, 0.5) is 5.69 Å². The van der Waals surface area contributed by atoms with Gasteiger partial charge in [-0.15, -0.1) is 0 Å². The second-order valence-corrected chi connectivity index (χ2v) is 7.03. The first kappa shape index (κ1) is 20.0. The summed E-state index contributed by atoms with van der Waals surface area (Å²) in [7, 11) is 0. The van der Waals surface area contributed by atoms with Gasteiger partial charge < -0.3 is 4.42 Å². The monoisotopic (exact) mass is 414 g/mol. The number of amides is 1. The minimum absolute atomic E-state index is 0.0223. The predicted molar refractivity (Wildman–Crippen MR) is 117 cm³/mol. The maximum atomic E-state index is 12.6. The molecular weight excluding hydrogens is 396 g/mol. The van der Waals surface area contributed by atoms with E-state index in [0.29, 0.717) is 28.3 Å². The van der Waals surface area contributed by atoms with Crippen LogP contribution in [0.3, 0.4) is 0 Å². The third-order valence-electron chi connectivity index (χ3n) is 4.73. The number of nitrogens with one attached hydrogen (secondary N) is 1. The van der Waals surface area contributed by atoms with E-state index in [1.807, 2.05) is 25.1 Å². The van der Waals surface area contributed by atoms with E-state index in [1.165, 1.54) is 18.3 Å². The summed E-state index contributed by atoms with van der Waals surface area (Å²) < 4.78 is 5.65. The summed E-state index contributed by atoms with van der Waals surface area (Å²) in [5.74, 6) is 0.474. The molecule has 4 aromatic rings. The van der Waals surface area contributed by atoms with Gasteiger partial charge in [-0.2, -0.15) is 5.10 Å². The van der Waals surface area contributed by atoms with Crippen molar-refractivity contribution < 1.29 is 14.1 Å². The lowest BCUT2D eigenvalue weighted by Gasteiger charge is -2.06. The average molecular weight is 414 g/mol. The van der Waals surface area contributed by atoms with Gasteiger partial charge in [-0.1, -0.05) is 23.8 Å². The van der Waals surface area contributed by atoms with E-state index < -0.39 is 4.92 Å². The van der Waals surface area contributed by atoms with E-state index in [0.717, 1.165) is 16.5 Å². The SMILES string of the molecule is Cc1ccc2nc(C)c(C(=O)N/N=C/c3ccc(-c4cccc([N+](=O)[O-])c4)o3)cc2c1. The van der Waals surface area contributed by atoms with Gasteiger partial charge in [0.1, 0.15) is 11.5 Å². The van der Waals surface area contributed by atoms with E-state index in [4.69, 9.17) is 4.42 Å². The Balaban J connectivity index is 1.49. The molecule has 0 radical (unpaired) electrons. The number of nitro benzene ring substituents is 1. The molecule has 2 aromatic heterocycles. The van der Waals surface area contributed by atoms with Crippen LogP contribution in [0.5, 0.6) is 0 Å². The van der Waals surface area contributed by atoms with Crippen LogP contribution in [-0.2, 0) is 0 Å². The van der Waals surface area contributed by atoms with Crippen molar-refractivity contribution in [3.8, 4) is 11.3 Å². The number of aromatic nitrogens is 1. The number of nitrogens with zero attached hydrogens (tertiary/aromatic N) is 3. The van der Waals surface area contributed by atoms with Gasteiger partial charge in [-0.3, -0.25) is 19.9 Å². The van der Waals surface area contributed by atoms with E-state index >= 15 is 0 Å². The third kappa shape index (κ3) is 4.32. The zero-order valence-corrected chi connectivity index (χ0v) is 16.8. The first-order valence-electron chi connectivity index (χ1n) is 9.47. The van der Waals surface area contributed by atoms with Crippen LogP contribution in [0.1, 0.15) is 27.4 Å². The van der Waals surface area contributed by atoms with Crippen molar-refractivity contribution in [3.63, 3.8) is 0 Å². The van der Waals surface area contributed by atoms with Crippen LogP contribution in [0, 0.1) is 24.0 Å². The lowest BCUT2D eigenvalue weighted by Crippen LogP contribution is -2.19. The Labute approximate surface area is 177 Å². The zero-order chi connectivity index (χ0) is 22.0. The van der Waals surface area contributed by atoms with E-state index in [2.05, 4.69) is 15.5 Å². The van der Waals surface area contributed by atoms with Gasteiger partial charge in [0.15, 0.2) is 0 Å². The molecule has 31 heavy (non-hydrogen) atoms. The van der Waals surface area contributed by atoms with Gasteiger partial charge in [0, 0.05) is 23.1 Å². The Morgan fingerprint density at radius 3 is 2.77 bits per heavy atom. The fourth-order valence-electron chi connectivity index (χ4n) is 3.19. The largest absolute Gasteiger partial charge is 0.455 e. The molecule has 0 atom stereocenters. The number of furan rings is 1. The van der Waals surface area contributed by atoms with Crippen molar-refractivity contribution in [1.82, 2.24) is 10.4 Å². The molecule has 0 aliphatic rings. The Bertz CT molecular complexity index is 1340. The van der Waals surface area contributed by atoms with E-state index in [9.17, 15) is 14.9 Å². The standard InChI is InChI=1S/C23H18N4O4/c1-14-6-8-21-17(10-14)12-20(15(2)25-21)23(28)26-24-13-19-7-9-22(31-19)16-4-3-5-18(11-16)27(29)30/h3-13H,1-2H3,(H,26,28)/b24-13+. The minimum Gasteiger partial charge on any atom is -0.455 e. The lowest BCUT2D eigenvalue weighted by molar-refractivity contribution is -0.384. The number of carbonyl (C=O) groups is 1. The van der Waals surface area contributed by atoms with Gasteiger partial charge in [0.25, 0.3) is 11.6 Å². The van der Waals surface area contributed by atoms with Gasteiger partial charge in [-0.25, -0.2) is 5.43 Å². The van der Waals surface area contributed by atoms with Crippen LogP contribution in [0.2, 0.25) is 0 Å². The number of benzene rings is 2. The summed E-state index contributed by atoms with van der Waals surface area (Å²) in [6.07, 6.45) is 1.37. The minimum atomic E-state index is -0.463. The molecule has 2 aromatic carbocycles. The Morgan fingerprint density at radius 1 is 1.13 bits per heavy atom. The molecule has 0 unspecified atom stereocenters. The van der Waals surface area contributed by atoms with Gasteiger partial charge >= 0.3 is 0 Å². The summed E-state index contributed by atoms with van der Waals surface area (Å²) in [5.41, 5.74) is 5.99. The highest BCUT2D eigenvalue weighted by atomic mass is 16.6. The first-order valence-corrected chi connectivity index (χ1v) is 9.47. The fourth-order valence-corrected chi connectivity index (χ4v) is 3.19. The molecule has 0 bridgehead atoms. The van der Waals surface area contributed by atoms with Gasteiger partial charge in [0.05, 0.1) is 27.9 Å². The average Bonchev–Trinajstić information content (AvgIpc) is 3.22. The molecule has 2 heterocycles. The lowest BCUT2D eigenvalue weighted by atomic mass is 10.1. The highest BCUT2D eigenvalue weighted by Crippen LogP contribution is 2.25. The quantitative estimate of drug-likeness (QED) is 0.287. The van der Waals surface area contributed by atoms with Crippen LogP contribution in [-0.4, -0.2) is 22.0 Å². The smallest absolute Gasteiger partial charge is 0.273 e. The number of aryl methyl sites for hydroxylation is 2.